The minimum Gasteiger partial charge on any atom is -0.459 e. The number of esters is 1. The molecule has 304 valence electrons. The molecule has 0 aromatic heterocycles. The van der Waals surface area contributed by atoms with Gasteiger partial charge in [0, 0.05) is 37.5 Å². The highest BCUT2D eigenvalue weighted by molar-refractivity contribution is 5.73. The lowest BCUT2D eigenvalue weighted by Gasteiger charge is -2.51. The van der Waals surface area contributed by atoms with E-state index in [1.54, 1.807) is 34.6 Å². The van der Waals surface area contributed by atoms with Crippen molar-refractivity contribution < 1.29 is 58.4 Å². The van der Waals surface area contributed by atoms with Gasteiger partial charge >= 0.3 is 5.97 Å². The third kappa shape index (κ3) is 9.00. The van der Waals surface area contributed by atoms with E-state index in [4.69, 9.17) is 33.2 Å². The van der Waals surface area contributed by atoms with Crippen molar-refractivity contribution in [2.75, 3.05) is 27.9 Å². The molecule has 0 aliphatic carbocycles. The Morgan fingerprint density at radius 1 is 0.962 bits per heavy atom. The first-order chi connectivity index (χ1) is 24.1. The molecular weight excluding hydrogens is 676 g/mol. The van der Waals surface area contributed by atoms with Gasteiger partial charge in [-0.05, 0) is 80.8 Å². The lowest BCUT2D eigenvalue weighted by molar-refractivity contribution is -0.318. The van der Waals surface area contributed by atoms with Gasteiger partial charge in [-0.2, -0.15) is 0 Å². The summed E-state index contributed by atoms with van der Waals surface area (Å²) in [6.07, 6.45) is -7.09. The van der Waals surface area contributed by atoms with E-state index in [1.807, 2.05) is 53.6 Å². The molecule has 2 bridgehead atoms. The second-order valence-corrected chi connectivity index (χ2v) is 17.2. The van der Waals surface area contributed by atoms with Gasteiger partial charge in [-0.25, -0.2) is 0 Å². The fourth-order valence-electron chi connectivity index (χ4n) is 9.53. The summed E-state index contributed by atoms with van der Waals surface area (Å²) in [6, 6.07) is -0.439. The van der Waals surface area contributed by atoms with E-state index in [0.29, 0.717) is 12.8 Å². The fourth-order valence-corrected chi connectivity index (χ4v) is 9.53. The molecular formula is C38H70N2O12. The van der Waals surface area contributed by atoms with Crippen molar-refractivity contribution in [3.05, 3.63) is 0 Å². The summed E-state index contributed by atoms with van der Waals surface area (Å²) < 4.78 is 43.9. The van der Waals surface area contributed by atoms with Crippen molar-refractivity contribution >= 4 is 5.97 Å². The van der Waals surface area contributed by atoms with Crippen LogP contribution in [0.5, 0.6) is 0 Å². The van der Waals surface area contributed by atoms with Gasteiger partial charge in [0.2, 0.25) is 0 Å². The number of rotatable bonds is 7. The van der Waals surface area contributed by atoms with Gasteiger partial charge in [0.25, 0.3) is 0 Å². The Hall–Kier alpha value is -1.01. The molecule has 4 heterocycles. The summed E-state index contributed by atoms with van der Waals surface area (Å²) >= 11 is 0. The topological polar surface area (TPSA) is 178 Å². The average Bonchev–Trinajstić information content (AvgIpc) is 3.06. The van der Waals surface area contributed by atoms with E-state index in [2.05, 4.69) is 5.32 Å². The lowest BCUT2D eigenvalue weighted by Crippen LogP contribution is -2.64. The highest BCUT2D eigenvalue weighted by atomic mass is 16.7. The third-order valence-corrected chi connectivity index (χ3v) is 12.6. The maximum Gasteiger partial charge on any atom is 0.311 e. The SMILES string of the molecule is CC[C@H]1OC(=O)[C@H](C)[C@@H](O[C@H]2C[C@@](C)(OC)[C@@H](O)[C@H](C)O2)[C@H](C)[C@@H](O[C@@H]2O[C@H](C)C[C@H](N(C)C)[C@H]2O)[C@](C)(O)C[C@@H](C)[C@@H]2NCO[C@H]([C@H]2C)[C@]1(C)O. The Balaban J connectivity index is 1.83. The number of nitrogens with zero attached hydrogens (tertiary/aromatic N) is 1. The van der Waals surface area contributed by atoms with Crippen LogP contribution in [0.15, 0.2) is 0 Å². The van der Waals surface area contributed by atoms with E-state index >= 15 is 0 Å². The highest BCUT2D eigenvalue weighted by Crippen LogP contribution is 2.42. The molecule has 0 radical (unpaired) electrons. The van der Waals surface area contributed by atoms with Crippen LogP contribution in [0, 0.1) is 23.7 Å². The van der Waals surface area contributed by atoms with Crippen LogP contribution in [-0.2, 0) is 38.0 Å². The van der Waals surface area contributed by atoms with E-state index in [1.165, 1.54) is 7.11 Å². The van der Waals surface area contributed by atoms with E-state index in [-0.39, 0.29) is 49.6 Å². The van der Waals surface area contributed by atoms with Crippen LogP contribution in [0.2, 0.25) is 0 Å². The molecule has 4 aliphatic rings. The van der Waals surface area contributed by atoms with E-state index < -0.39 is 89.9 Å². The first-order valence-electron chi connectivity index (χ1n) is 19.3. The summed E-state index contributed by atoms with van der Waals surface area (Å²) in [5, 5.41) is 50.6. The molecule has 4 fully saturated rings. The average molecular weight is 747 g/mol. The Morgan fingerprint density at radius 2 is 1.62 bits per heavy atom. The van der Waals surface area contributed by atoms with Crippen LogP contribution in [0.4, 0.5) is 0 Å². The predicted octanol–water partition coefficient (Wildman–Crippen LogP) is 2.17. The number of cyclic esters (lactones) is 1. The van der Waals surface area contributed by atoms with Crippen LogP contribution in [-0.4, -0.2) is 150 Å². The van der Waals surface area contributed by atoms with Crippen molar-refractivity contribution in [1.82, 2.24) is 10.2 Å². The van der Waals surface area contributed by atoms with Crippen molar-refractivity contribution in [3.63, 3.8) is 0 Å². The maximum absolute atomic E-state index is 14.3. The molecule has 4 aliphatic heterocycles. The van der Waals surface area contributed by atoms with Crippen molar-refractivity contribution in [2.45, 2.75) is 185 Å². The van der Waals surface area contributed by atoms with Gasteiger partial charge < -0.3 is 58.5 Å². The monoisotopic (exact) mass is 746 g/mol. The molecule has 52 heavy (non-hydrogen) atoms. The van der Waals surface area contributed by atoms with Gasteiger partial charge in [0.15, 0.2) is 12.6 Å². The summed E-state index contributed by atoms with van der Waals surface area (Å²) in [6.45, 7) is 18.4. The van der Waals surface area contributed by atoms with E-state index in [9.17, 15) is 25.2 Å². The van der Waals surface area contributed by atoms with Crippen LogP contribution in [0.1, 0.15) is 94.9 Å². The molecule has 0 saturated carbocycles. The molecule has 0 aromatic rings. The Bertz CT molecular complexity index is 1170. The highest BCUT2D eigenvalue weighted by Gasteiger charge is 2.54. The summed E-state index contributed by atoms with van der Waals surface area (Å²) in [5.74, 6) is -2.65. The first kappa shape index (κ1) is 43.7. The molecule has 5 N–H and O–H groups in total. The van der Waals surface area contributed by atoms with Gasteiger partial charge in [0.1, 0.15) is 23.9 Å². The molecule has 4 saturated heterocycles. The van der Waals surface area contributed by atoms with Gasteiger partial charge in [-0.3, -0.25) is 10.1 Å². The van der Waals surface area contributed by atoms with Crippen molar-refractivity contribution in [2.24, 2.45) is 23.7 Å². The van der Waals surface area contributed by atoms with Crippen LogP contribution < -0.4 is 5.32 Å². The minimum atomic E-state index is -1.55. The standard InChI is InChI=1S/C38H70N2O12/c1-14-26-38(10,45)33-21(4)28(39-18-47-33)19(2)16-36(8,44)32(52-35-29(41)25(40(11)12)15-20(3)48-35)22(5)30(23(6)34(43)50-26)51-27-17-37(9,46-13)31(42)24(7)49-27/h19-33,35,39,41-42,44-45H,14-18H2,1-13H3/t19-,20-,21+,22+,23-,24+,25+,26-,27+,28+,29-,30+,31+,32-,33-,35+,36-,37-,38-/m1/s1. The second kappa shape index (κ2) is 17.0. The Labute approximate surface area is 311 Å². The Kier molecular flexibility index (Phi) is 14.3. The van der Waals surface area contributed by atoms with E-state index in [0.717, 1.165) is 0 Å². The fraction of sp³-hybridized carbons (Fsp3) is 0.974. The van der Waals surface area contributed by atoms with Gasteiger partial charge in [-0.1, -0.05) is 27.7 Å². The molecule has 14 nitrogen and oxygen atoms in total. The molecule has 14 heteroatoms. The van der Waals surface area contributed by atoms with Gasteiger partial charge in [-0.15, -0.1) is 0 Å². The zero-order valence-electron chi connectivity index (χ0n) is 33.8. The zero-order valence-corrected chi connectivity index (χ0v) is 33.8. The summed E-state index contributed by atoms with van der Waals surface area (Å²) in [7, 11) is 5.32. The second-order valence-electron chi connectivity index (χ2n) is 17.2. The van der Waals surface area contributed by atoms with Gasteiger partial charge in [0.05, 0.1) is 54.4 Å². The Morgan fingerprint density at radius 3 is 2.21 bits per heavy atom. The number of aliphatic hydroxyl groups excluding tert-OH is 2. The molecule has 19 atom stereocenters. The maximum atomic E-state index is 14.3. The number of fused-ring (bicyclic) bond motifs is 2. The zero-order chi connectivity index (χ0) is 39.1. The molecule has 0 amide bonds. The quantitative estimate of drug-likeness (QED) is 0.240. The van der Waals surface area contributed by atoms with Crippen LogP contribution in [0.3, 0.4) is 0 Å². The normalized spacial score (nSPS) is 51.5. The van der Waals surface area contributed by atoms with Crippen molar-refractivity contribution in [3.8, 4) is 0 Å². The lowest BCUT2D eigenvalue weighted by atomic mass is 9.72. The minimum absolute atomic E-state index is 0.148. The number of nitrogens with one attached hydrogen (secondary N) is 1. The summed E-state index contributed by atoms with van der Waals surface area (Å²) in [4.78, 5) is 16.2. The molecule has 4 rings (SSSR count). The molecule has 0 aromatic carbocycles. The third-order valence-electron chi connectivity index (χ3n) is 12.6. The number of hydrogen-bond donors (Lipinski definition) is 5. The first-order valence-corrected chi connectivity index (χ1v) is 19.3. The number of aliphatic hydroxyl groups is 4. The molecule has 0 unspecified atom stereocenters. The summed E-state index contributed by atoms with van der Waals surface area (Å²) in [5.41, 5.74) is -4.08. The largest absolute Gasteiger partial charge is 0.459 e. The number of ether oxygens (including phenoxy) is 7. The molecule has 0 spiro atoms. The number of methoxy groups -OCH3 is 1. The number of carbonyl (C=O) groups excluding carboxylic acids is 1. The number of hydrogen-bond acceptors (Lipinski definition) is 14. The van der Waals surface area contributed by atoms with Crippen LogP contribution in [0.25, 0.3) is 0 Å². The van der Waals surface area contributed by atoms with Crippen molar-refractivity contribution in [1.29, 1.82) is 0 Å². The number of likely N-dealkylation sites (N-methyl/N-ethyl adjacent to an activating group) is 1. The van der Waals surface area contributed by atoms with Crippen LogP contribution >= 0.6 is 0 Å². The predicted molar refractivity (Wildman–Crippen MR) is 192 cm³/mol. The number of carbonyl (C=O) groups is 1. The smallest absolute Gasteiger partial charge is 0.311 e.